The van der Waals surface area contributed by atoms with Gasteiger partial charge in [0.15, 0.2) is 5.82 Å². The predicted octanol–water partition coefficient (Wildman–Crippen LogP) is 4.26. The number of aromatic nitrogens is 4. The van der Waals surface area contributed by atoms with Crippen LogP contribution in [-0.2, 0) is 4.57 Å². The first-order valence-corrected chi connectivity index (χ1v) is 13.6. The fourth-order valence-electron chi connectivity index (χ4n) is 3.96. The van der Waals surface area contributed by atoms with E-state index in [9.17, 15) is 4.57 Å². The zero-order chi connectivity index (χ0) is 23.2. The van der Waals surface area contributed by atoms with Crippen LogP contribution in [0.1, 0.15) is 12.8 Å². The van der Waals surface area contributed by atoms with Crippen molar-refractivity contribution < 1.29 is 9.30 Å². The summed E-state index contributed by atoms with van der Waals surface area (Å²) >= 11 is 6.34. The van der Waals surface area contributed by atoms with Crippen molar-refractivity contribution in [2.45, 2.75) is 12.8 Å². The third-order valence-electron chi connectivity index (χ3n) is 5.95. The van der Waals surface area contributed by atoms with Gasteiger partial charge in [-0.3, -0.25) is 0 Å². The van der Waals surface area contributed by atoms with Gasteiger partial charge in [-0.15, -0.1) is 0 Å². The van der Waals surface area contributed by atoms with E-state index in [1.165, 1.54) is 19.0 Å². The van der Waals surface area contributed by atoms with E-state index in [1.54, 1.807) is 26.6 Å². The van der Waals surface area contributed by atoms with Crippen molar-refractivity contribution in [1.82, 2.24) is 19.9 Å². The summed E-state index contributed by atoms with van der Waals surface area (Å²) in [4.78, 5) is 20.0. The van der Waals surface area contributed by atoms with Crippen molar-refractivity contribution in [3.8, 4) is 5.88 Å². The molecule has 11 heteroatoms. The van der Waals surface area contributed by atoms with Gasteiger partial charge in [0.1, 0.15) is 17.9 Å². The number of halogens is 1. The molecule has 0 amide bonds. The zero-order valence-corrected chi connectivity index (χ0v) is 20.3. The van der Waals surface area contributed by atoms with Gasteiger partial charge in [-0.05, 0) is 38.3 Å². The van der Waals surface area contributed by atoms with Crippen molar-refractivity contribution in [2.24, 2.45) is 5.41 Å². The average molecular weight is 486 g/mol. The summed E-state index contributed by atoms with van der Waals surface area (Å²) in [6.45, 7) is 5.45. The van der Waals surface area contributed by atoms with E-state index in [2.05, 4.69) is 35.5 Å². The first-order chi connectivity index (χ1) is 15.8. The highest BCUT2D eigenvalue weighted by Gasteiger charge is 2.53. The monoisotopic (exact) mass is 485 g/mol. The van der Waals surface area contributed by atoms with E-state index in [1.807, 2.05) is 24.3 Å². The Hall–Kier alpha value is -2.90. The fourth-order valence-corrected chi connectivity index (χ4v) is 5.25. The van der Waals surface area contributed by atoms with Gasteiger partial charge < -0.3 is 24.8 Å². The van der Waals surface area contributed by atoms with Crippen molar-refractivity contribution >= 4 is 53.1 Å². The Morgan fingerprint density at radius 3 is 2.52 bits per heavy atom. The summed E-state index contributed by atoms with van der Waals surface area (Å²) in [6.07, 6.45) is 5.76. The normalized spacial score (nSPS) is 16.3. The molecule has 0 bridgehead atoms. The molecule has 0 radical (unpaired) electrons. The van der Waals surface area contributed by atoms with Crippen molar-refractivity contribution in [3.63, 3.8) is 0 Å². The lowest BCUT2D eigenvalue weighted by molar-refractivity contribution is 0.371. The summed E-state index contributed by atoms with van der Waals surface area (Å²) in [5, 5.41) is 7.36. The highest BCUT2D eigenvalue weighted by molar-refractivity contribution is 7.70. The molecule has 1 aliphatic carbocycles. The van der Waals surface area contributed by atoms with Gasteiger partial charge in [0.05, 0.1) is 25.2 Å². The summed E-state index contributed by atoms with van der Waals surface area (Å²) in [5.41, 5.74) is 1.74. The lowest BCUT2D eigenvalue weighted by Gasteiger charge is -2.39. The molecule has 3 heterocycles. The molecule has 5 rings (SSSR count). The molecule has 9 nitrogen and oxygen atoms in total. The second kappa shape index (κ2) is 8.15. The van der Waals surface area contributed by atoms with E-state index in [4.69, 9.17) is 16.3 Å². The molecule has 1 aromatic carbocycles. The number of nitrogens with zero attached hydrogens (tertiary/aromatic N) is 5. The van der Waals surface area contributed by atoms with Crippen LogP contribution in [0.2, 0.25) is 5.02 Å². The summed E-state index contributed by atoms with van der Waals surface area (Å²) in [5.74, 6) is 1.76. The summed E-state index contributed by atoms with van der Waals surface area (Å²) in [6, 6.07) is 7.40. The number of rotatable bonds is 7. The number of anilines is 5. The lowest BCUT2D eigenvalue weighted by Crippen LogP contribution is -2.49. The van der Waals surface area contributed by atoms with Gasteiger partial charge in [0.2, 0.25) is 17.8 Å². The number of benzene rings is 1. The Bertz CT molecular complexity index is 1250. The van der Waals surface area contributed by atoms with Gasteiger partial charge in [-0.1, -0.05) is 23.7 Å². The maximum Gasteiger partial charge on any atom is 0.242 e. The maximum absolute atomic E-state index is 12.7. The summed E-state index contributed by atoms with van der Waals surface area (Å²) < 4.78 is 18.2. The Kier molecular flexibility index (Phi) is 5.41. The first-order valence-electron chi connectivity index (χ1n) is 10.6. The van der Waals surface area contributed by atoms with Crippen LogP contribution >= 0.6 is 18.7 Å². The van der Waals surface area contributed by atoms with E-state index in [0.29, 0.717) is 45.4 Å². The molecule has 0 unspecified atom stereocenters. The molecule has 1 aliphatic heterocycles. The summed E-state index contributed by atoms with van der Waals surface area (Å²) in [7, 11) is -0.936. The van der Waals surface area contributed by atoms with Crippen molar-refractivity contribution in [1.29, 1.82) is 0 Å². The minimum absolute atomic E-state index is 0.297. The Morgan fingerprint density at radius 1 is 1.06 bits per heavy atom. The van der Waals surface area contributed by atoms with Crippen LogP contribution in [0.3, 0.4) is 0 Å². The molecule has 0 atom stereocenters. The molecule has 172 valence electrons. The molecule has 33 heavy (non-hydrogen) atoms. The smallest absolute Gasteiger partial charge is 0.242 e. The van der Waals surface area contributed by atoms with Gasteiger partial charge in [-0.25, -0.2) is 9.97 Å². The molecular weight excluding hydrogens is 461 g/mol. The van der Waals surface area contributed by atoms with E-state index < -0.39 is 7.14 Å². The fraction of sp³-hybridized carbons (Fsp3) is 0.364. The number of hydrogen-bond donors (Lipinski definition) is 2. The van der Waals surface area contributed by atoms with E-state index in [-0.39, 0.29) is 0 Å². The number of ether oxygens (including phenoxy) is 1. The number of para-hydroxylation sites is 1. The van der Waals surface area contributed by atoms with Crippen LogP contribution in [-0.4, -0.2) is 53.5 Å². The average Bonchev–Trinajstić information content (AvgIpc) is 3.56. The number of hydrogen-bond acceptors (Lipinski definition) is 9. The van der Waals surface area contributed by atoms with Gasteiger partial charge in [0.25, 0.3) is 0 Å². The highest BCUT2D eigenvalue weighted by Crippen LogP contribution is 2.53. The maximum atomic E-state index is 12.7. The van der Waals surface area contributed by atoms with Crippen LogP contribution in [0.15, 0.2) is 36.7 Å². The lowest BCUT2D eigenvalue weighted by atomic mass is 9.98. The molecule has 1 spiro atoms. The molecule has 2 aromatic heterocycles. The molecule has 2 fully saturated rings. The van der Waals surface area contributed by atoms with Crippen LogP contribution in [0.4, 0.5) is 29.1 Å². The molecule has 1 saturated heterocycles. The third kappa shape index (κ3) is 4.48. The van der Waals surface area contributed by atoms with Gasteiger partial charge in [0, 0.05) is 23.8 Å². The first kappa shape index (κ1) is 21.9. The third-order valence-corrected chi connectivity index (χ3v) is 7.78. The molecule has 3 aromatic rings. The van der Waals surface area contributed by atoms with E-state index in [0.717, 1.165) is 18.4 Å². The largest absolute Gasteiger partial charge is 0.479 e. The number of methoxy groups -OCH3 is 1. The zero-order valence-electron chi connectivity index (χ0n) is 18.7. The van der Waals surface area contributed by atoms with E-state index >= 15 is 0 Å². The second-order valence-corrected chi connectivity index (χ2v) is 12.5. The quantitative estimate of drug-likeness (QED) is 0.475. The minimum Gasteiger partial charge on any atom is -0.479 e. The topological polar surface area (TPSA) is 105 Å². The SMILES string of the molecule is COc1nc(N2CC3(CC3)C2)ncc1Nc1ncc(Cl)c(Nc2ccccc2P(C)(C)=O)n1. The van der Waals surface area contributed by atoms with Crippen LogP contribution in [0.5, 0.6) is 5.88 Å². The molecular formula is C22H25ClN7O2P. The standard InChI is InChI=1S/C22H25ClN7O2P/c1-32-19-16(11-25-21(29-19)30-12-22(13-30)8-9-22)27-20-24-10-14(23)18(28-20)26-15-6-4-5-7-17(15)33(2,3)31/h4-7,10-11H,8-9,12-13H2,1-3H3,(H2,24,26,27,28). The Labute approximate surface area is 197 Å². The Balaban J connectivity index is 1.37. The van der Waals surface area contributed by atoms with Crippen LogP contribution in [0.25, 0.3) is 0 Å². The number of nitrogens with one attached hydrogen (secondary N) is 2. The van der Waals surface area contributed by atoms with Crippen LogP contribution in [0, 0.1) is 5.41 Å². The predicted molar refractivity (Wildman–Crippen MR) is 132 cm³/mol. The molecule has 2 N–H and O–H groups in total. The second-order valence-electron chi connectivity index (χ2n) is 8.96. The van der Waals surface area contributed by atoms with Gasteiger partial charge in [-0.2, -0.15) is 9.97 Å². The van der Waals surface area contributed by atoms with Gasteiger partial charge >= 0.3 is 0 Å². The van der Waals surface area contributed by atoms with Crippen molar-refractivity contribution in [2.75, 3.05) is 49.1 Å². The molecule has 1 saturated carbocycles. The highest BCUT2D eigenvalue weighted by atomic mass is 35.5. The minimum atomic E-state index is -2.50. The van der Waals surface area contributed by atoms with Crippen LogP contribution < -0.4 is 25.6 Å². The van der Waals surface area contributed by atoms with Crippen molar-refractivity contribution in [3.05, 3.63) is 41.7 Å². The molecule has 2 aliphatic rings. The Morgan fingerprint density at radius 2 is 1.82 bits per heavy atom.